The van der Waals surface area contributed by atoms with Gasteiger partial charge in [-0.2, -0.15) is 0 Å². The highest BCUT2D eigenvalue weighted by molar-refractivity contribution is 5.85. The van der Waals surface area contributed by atoms with Crippen molar-refractivity contribution in [3.8, 4) is 0 Å². The molecule has 0 aromatic heterocycles. The Kier molecular flexibility index (Phi) is 8.55. The lowest BCUT2D eigenvalue weighted by Gasteiger charge is -1.93. The Morgan fingerprint density at radius 2 is 2.12 bits per heavy atom. The minimum atomic E-state index is -0.773. The van der Waals surface area contributed by atoms with Crippen LogP contribution >= 0.6 is 12.4 Å². The average Bonchev–Trinajstić information content (AvgIpc) is 1.61. The number of ether oxygens (including phenoxy) is 1. The number of hydrogen-bond acceptors (Lipinski definition) is 3. The van der Waals surface area contributed by atoms with Crippen LogP contribution in [-0.4, -0.2) is 19.2 Å². The van der Waals surface area contributed by atoms with Crippen molar-refractivity contribution in [1.29, 1.82) is 0 Å². The molecule has 0 saturated carbocycles. The van der Waals surface area contributed by atoms with Crippen LogP contribution in [-0.2, 0) is 4.74 Å². The molecule has 0 atom stereocenters. The normalized spacial score (nSPS) is 7.12. The molecule has 0 aliphatic carbocycles. The average molecular weight is 141 g/mol. The minimum Gasteiger partial charge on any atom is -0.448 e. The van der Waals surface area contributed by atoms with E-state index in [1.807, 2.05) is 0 Å². The number of amides is 1. The predicted octanol–water partition coefficient (Wildman–Crippen LogP) is -0.538. The van der Waals surface area contributed by atoms with Crippen LogP contribution in [0.4, 0.5) is 4.79 Å². The molecule has 0 unspecified atom stereocenters. The van der Waals surface area contributed by atoms with Crippen molar-refractivity contribution in [2.75, 3.05) is 13.2 Å². The molecule has 0 radical (unpaired) electrons. The number of rotatable bonds is 2. The van der Waals surface area contributed by atoms with Crippen molar-refractivity contribution in [3.05, 3.63) is 0 Å². The van der Waals surface area contributed by atoms with Gasteiger partial charge in [0.05, 0.1) is 0 Å². The molecule has 0 aliphatic heterocycles. The zero-order valence-electron chi connectivity index (χ0n) is 4.29. The maximum atomic E-state index is 9.70. The van der Waals surface area contributed by atoms with Gasteiger partial charge in [-0.05, 0) is 0 Å². The van der Waals surface area contributed by atoms with E-state index in [0.717, 1.165) is 0 Å². The van der Waals surface area contributed by atoms with Crippen LogP contribution in [0.25, 0.3) is 0 Å². The molecule has 4 nitrogen and oxygen atoms in total. The minimum absolute atomic E-state index is 0. The summed E-state index contributed by atoms with van der Waals surface area (Å²) in [5.41, 5.74) is 9.51. The van der Waals surface area contributed by atoms with Gasteiger partial charge < -0.3 is 16.2 Å². The van der Waals surface area contributed by atoms with E-state index in [1.54, 1.807) is 0 Å². The number of primary amides is 1. The van der Waals surface area contributed by atoms with E-state index in [4.69, 9.17) is 5.73 Å². The molecule has 0 rings (SSSR count). The first-order chi connectivity index (χ1) is 3.27. The van der Waals surface area contributed by atoms with Gasteiger partial charge in [-0.25, -0.2) is 4.79 Å². The Hall–Kier alpha value is -0.480. The summed E-state index contributed by atoms with van der Waals surface area (Å²) in [4.78, 5) is 9.70. The largest absolute Gasteiger partial charge is 0.448 e. The second-order valence-electron chi connectivity index (χ2n) is 0.956. The zero-order valence-corrected chi connectivity index (χ0v) is 5.11. The number of hydrogen-bond donors (Lipinski definition) is 2. The molecule has 0 spiro atoms. The highest BCUT2D eigenvalue weighted by atomic mass is 35.5. The van der Waals surface area contributed by atoms with Gasteiger partial charge in [0.1, 0.15) is 6.61 Å². The molecule has 0 heterocycles. The topological polar surface area (TPSA) is 78.3 Å². The fourth-order valence-corrected chi connectivity index (χ4v) is 0.160. The fraction of sp³-hybridized carbons (Fsp3) is 0.667. The first kappa shape index (κ1) is 10.5. The Balaban J connectivity index is 0. The molecule has 4 N–H and O–H groups in total. The van der Waals surface area contributed by atoms with Crippen LogP contribution in [0.1, 0.15) is 0 Å². The summed E-state index contributed by atoms with van der Waals surface area (Å²) < 4.78 is 4.20. The maximum Gasteiger partial charge on any atom is 0.404 e. The van der Waals surface area contributed by atoms with Gasteiger partial charge in [0.2, 0.25) is 0 Å². The summed E-state index contributed by atoms with van der Waals surface area (Å²) in [5.74, 6) is 0. The van der Waals surface area contributed by atoms with Crippen molar-refractivity contribution in [2.45, 2.75) is 0 Å². The standard InChI is InChI=1S/C3H8N2O2.ClH/c4-1-2-7-3(5)6;/h1-2,4H2,(H2,5,6);1H. The summed E-state index contributed by atoms with van der Waals surface area (Å²) in [6.07, 6.45) is -0.773. The van der Waals surface area contributed by atoms with Gasteiger partial charge in [-0.3, -0.25) is 0 Å². The van der Waals surface area contributed by atoms with Crippen LogP contribution in [0.15, 0.2) is 0 Å². The molecule has 0 bridgehead atoms. The fourth-order valence-electron chi connectivity index (χ4n) is 0.160. The van der Waals surface area contributed by atoms with E-state index in [-0.39, 0.29) is 19.0 Å². The number of carbonyl (C=O) groups is 1. The molecule has 0 saturated heterocycles. The van der Waals surface area contributed by atoms with Gasteiger partial charge >= 0.3 is 6.09 Å². The first-order valence-corrected chi connectivity index (χ1v) is 1.89. The van der Waals surface area contributed by atoms with Crippen molar-refractivity contribution >= 4 is 18.5 Å². The first-order valence-electron chi connectivity index (χ1n) is 1.89. The third-order valence-corrected chi connectivity index (χ3v) is 0.362. The van der Waals surface area contributed by atoms with Crippen LogP contribution in [0.3, 0.4) is 0 Å². The third-order valence-electron chi connectivity index (χ3n) is 0.362. The SMILES string of the molecule is Cl.NCCOC(N)=O. The Morgan fingerprint density at radius 1 is 1.62 bits per heavy atom. The lowest BCUT2D eigenvalue weighted by atomic mass is 10.7. The van der Waals surface area contributed by atoms with E-state index in [0.29, 0.717) is 6.54 Å². The molecule has 0 aromatic carbocycles. The highest BCUT2D eigenvalue weighted by Crippen LogP contribution is 1.66. The summed E-state index contributed by atoms with van der Waals surface area (Å²) in [7, 11) is 0. The monoisotopic (exact) mass is 140 g/mol. The third kappa shape index (κ3) is 9.10. The van der Waals surface area contributed by atoms with Crippen molar-refractivity contribution in [3.63, 3.8) is 0 Å². The number of carbonyl (C=O) groups excluding carboxylic acids is 1. The van der Waals surface area contributed by atoms with E-state index in [9.17, 15) is 4.79 Å². The molecule has 1 amide bonds. The number of halogens is 1. The van der Waals surface area contributed by atoms with E-state index < -0.39 is 6.09 Å². The molecular weight excluding hydrogens is 131 g/mol. The van der Waals surface area contributed by atoms with Gasteiger partial charge in [-0.15, -0.1) is 12.4 Å². The lowest BCUT2D eigenvalue weighted by Crippen LogP contribution is -2.18. The molecule has 8 heavy (non-hydrogen) atoms. The van der Waals surface area contributed by atoms with Gasteiger partial charge in [0, 0.05) is 6.54 Å². The molecule has 50 valence electrons. The Morgan fingerprint density at radius 3 is 2.25 bits per heavy atom. The lowest BCUT2D eigenvalue weighted by molar-refractivity contribution is 0.160. The zero-order chi connectivity index (χ0) is 5.70. The summed E-state index contributed by atoms with van der Waals surface area (Å²) >= 11 is 0. The van der Waals surface area contributed by atoms with E-state index >= 15 is 0 Å². The molecule has 5 heteroatoms. The van der Waals surface area contributed by atoms with Crippen LogP contribution in [0.2, 0.25) is 0 Å². The smallest absolute Gasteiger partial charge is 0.404 e. The second-order valence-corrected chi connectivity index (χ2v) is 0.956. The van der Waals surface area contributed by atoms with Crippen molar-refractivity contribution < 1.29 is 9.53 Å². The summed E-state index contributed by atoms with van der Waals surface area (Å²) in [6.45, 7) is 0.526. The van der Waals surface area contributed by atoms with Gasteiger partial charge in [-0.1, -0.05) is 0 Å². The Bertz CT molecular complexity index is 68.3. The van der Waals surface area contributed by atoms with Gasteiger partial charge in [0.25, 0.3) is 0 Å². The predicted molar refractivity (Wildman–Crippen MR) is 31.8 cm³/mol. The maximum absolute atomic E-state index is 9.70. The number of nitrogens with two attached hydrogens (primary N) is 2. The van der Waals surface area contributed by atoms with Crippen molar-refractivity contribution in [1.82, 2.24) is 0 Å². The van der Waals surface area contributed by atoms with Crippen molar-refractivity contribution in [2.24, 2.45) is 11.5 Å². The molecule has 0 fully saturated rings. The second kappa shape index (κ2) is 6.52. The van der Waals surface area contributed by atoms with Gasteiger partial charge in [0.15, 0.2) is 0 Å². The highest BCUT2D eigenvalue weighted by Gasteiger charge is 1.86. The summed E-state index contributed by atoms with van der Waals surface area (Å²) in [5, 5.41) is 0. The quantitative estimate of drug-likeness (QED) is 0.541. The van der Waals surface area contributed by atoms with E-state index in [1.165, 1.54) is 0 Å². The van der Waals surface area contributed by atoms with Crippen LogP contribution < -0.4 is 11.5 Å². The molecule has 0 aromatic rings. The Labute approximate surface area is 53.6 Å². The summed E-state index contributed by atoms with van der Waals surface area (Å²) in [6, 6.07) is 0. The van der Waals surface area contributed by atoms with E-state index in [2.05, 4.69) is 10.5 Å². The molecule has 0 aliphatic rings. The van der Waals surface area contributed by atoms with Crippen LogP contribution in [0, 0.1) is 0 Å². The van der Waals surface area contributed by atoms with Crippen LogP contribution in [0.5, 0.6) is 0 Å². The molecular formula is C3H9ClN2O2.